The Morgan fingerprint density at radius 3 is 2.81 bits per heavy atom. The number of hydrogen-bond acceptors (Lipinski definition) is 4. The summed E-state index contributed by atoms with van der Waals surface area (Å²) in [5, 5.41) is 4.67. The van der Waals surface area contributed by atoms with Crippen LogP contribution in [0.2, 0.25) is 0 Å². The summed E-state index contributed by atoms with van der Waals surface area (Å²) in [7, 11) is 0. The van der Waals surface area contributed by atoms with Crippen LogP contribution in [0, 0.1) is 0 Å². The van der Waals surface area contributed by atoms with E-state index < -0.39 is 18.0 Å². The lowest BCUT2D eigenvalue weighted by Gasteiger charge is -2.00. The molecule has 1 atom stereocenters. The van der Waals surface area contributed by atoms with Gasteiger partial charge in [-0.25, -0.2) is 9.78 Å². The van der Waals surface area contributed by atoms with Gasteiger partial charge in [0.2, 0.25) is 0 Å². The summed E-state index contributed by atoms with van der Waals surface area (Å²) in [6.07, 6.45) is 3.67. The first kappa shape index (κ1) is 11.7. The number of carbonyl (C=O) groups excluding carboxylic acids is 2. The lowest BCUT2D eigenvalue weighted by atomic mass is 10.2. The number of imide groups is 1. The second kappa shape index (κ2) is 4.20. The molecule has 1 unspecified atom stereocenters. The molecule has 4 rings (SSSR count). The standard InChI is InChI=1S/C14H10N4O3/c19-13-12(17-14(20)18-13)11-5-9-10(21-11)2-1-8(16-9)7-3-4-15-6-7/h1-6,12,15H,(H2,17,18,19,20). The van der Waals surface area contributed by atoms with Gasteiger partial charge in [0, 0.05) is 24.0 Å². The predicted molar refractivity (Wildman–Crippen MR) is 73.2 cm³/mol. The summed E-state index contributed by atoms with van der Waals surface area (Å²) in [4.78, 5) is 30.3. The van der Waals surface area contributed by atoms with E-state index in [1.54, 1.807) is 12.1 Å². The SMILES string of the molecule is O=C1NC(=O)C(c2cc3nc(-c4cc[nH]c4)ccc3o2)N1. The molecule has 3 N–H and O–H groups in total. The Morgan fingerprint density at radius 1 is 1.19 bits per heavy atom. The van der Waals surface area contributed by atoms with Crippen LogP contribution in [0.1, 0.15) is 11.8 Å². The van der Waals surface area contributed by atoms with Gasteiger partial charge >= 0.3 is 6.03 Å². The van der Waals surface area contributed by atoms with Crippen molar-refractivity contribution < 1.29 is 14.0 Å². The van der Waals surface area contributed by atoms with E-state index in [-0.39, 0.29) is 0 Å². The van der Waals surface area contributed by atoms with Crippen LogP contribution in [0.5, 0.6) is 0 Å². The maximum Gasteiger partial charge on any atom is 0.322 e. The molecule has 0 aliphatic carbocycles. The molecule has 0 spiro atoms. The van der Waals surface area contributed by atoms with Crippen molar-refractivity contribution >= 4 is 23.0 Å². The molecule has 3 aromatic rings. The Hall–Kier alpha value is -3.09. The molecule has 0 bridgehead atoms. The van der Waals surface area contributed by atoms with Gasteiger partial charge in [0.05, 0.1) is 5.69 Å². The monoisotopic (exact) mass is 282 g/mol. The number of amides is 3. The highest BCUT2D eigenvalue weighted by atomic mass is 16.3. The summed E-state index contributed by atoms with van der Waals surface area (Å²) in [6, 6.07) is 5.89. The number of aromatic amines is 1. The number of urea groups is 1. The van der Waals surface area contributed by atoms with E-state index >= 15 is 0 Å². The maximum absolute atomic E-state index is 11.6. The zero-order valence-corrected chi connectivity index (χ0v) is 10.7. The first-order valence-electron chi connectivity index (χ1n) is 6.36. The molecule has 1 aliphatic heterocycles. The third-order valence-corrected chi connectivity index (χ3v) is 3.35. The quantitative estimate of drug-likeness (QED) is 0.623. The molecule has 1 aliphatic rings. The molecule has 3 amide bonds. The van der Waals surface area contributed by atoms with Gasteiger partial charge in [-0.3, -0.25) is 10.1 Å². The van der Waals surface area contributed by atoms with Crippen molar-refractivity contribution in [3.63, 3.8) is 0 Å². The van der Waals surface area contributed by atoms with Crippen LogP contribution < -0.4 is 10.6 Å². The number of fused-ring (bicyclic) bond motifs is 1. The second-order valence-corrected chi connectivity index (χ2v) is 4.72. The molecular formula is C14H10N4O3. The van der Waals surface area contributed by atoms with Crippen molar-refractivity contribution in [1.29, 1.82) is 0 Å². The molecule has 0 radical (unpaired) electrons. The summed E-state index contributed by atoms with van der Waals surface area (Å²) in [6.45, 7) is 0. The Labute approximate surface area is 118 Å². The van der Waals surface area contributed by atoms with Crippen LogP contribution in [0.25, 0.3) is 22.4 Å². The van der Waals surface area contributed by atoms with Crippen molar-refractivity contribution in [2.45, 2.75) is 6.04 Å². The van der Waals surface area contributed by atoms with Crippen molar-refractivity contribution in [3.05, 3.63) is 42.4 Å². The molecule has 3 aromatic heterocycles. The highest BCUT2D eigenvalue weighted by Crippen LogP contribution is 2.27. The smallest absolute Gasteiger partial charge is 0.322 e. The summed E-state index contributed by atoms with van der Waals surface area (Å²) in [5.74, 6) is -0.0583. The minimum atomic E-state index is -0.803. The number of carbonyl (C=O) groups is 2. The van der Waals surface area contributed by atoms with Crippen LogP contribution in [0.15, 0.2) is 41.1 Å². The van der Waals surface area contributed by atoms with Gasteiger partial charge in [-0.15, -0.1) is 0 Å². The second-order valence-electron chi connectivity index (χ2n) is 4.72. The fourth-order valence-corrected chi connectivity index (χ4v) is 2.35. The summed E-state index contributed by atoms with van der Waals surface area (Å²) in [5.41, 5.74) is 2.97. The zero-order valence-electron chi connectivity index (χ0n) is 10.7. The molecule has 0 saturated carbocycles. The normalized spacial score (nSPS) is 18.0. The number of rotatable bonds is 2. The Balaban J connectivity index is 1.76. The highest BCUT2D eigenvalue weighted by Gasteiger charge is 2.33. The van der Waals surface area contributed by atoms with E-state index in [1.807, 2.05) is 24.5 Å². The van der Waals surface area contributed by atoms with Crippen molar-refractivity contribution in [3.8, 4) is 11.3 Å². The summed E-state index contributed by atoms with van der Waals surface area (Å²) < 4.78 is 5.60. The number of aromatic nitrogens is 2. The van der Waals surface area contributed by atoms with Gasteiger partial charge in [-0.1, -0.05) is 0 Å². The average molecular weight is 282 g/mol. The fourth-order valence-electron chi connectivity index (χ4n) is 2.35. The molecule has 4 heterocycles. The van der Waals surface area contributed by atoms with Crippen molar-refractivity contribution in [2.24, 2.45) is 0 Å². The molecule has 104 valence electrons. The molecule has 1 fully saturated rings. The van der Waals surface area contributed by atoms with Crippen molar-refractivity contribution in [2.75, 3.05) is 0 Å². The van der Waals surface area contributed by atoms with Crippen LogP contribution in [0.3, 0.4) is 0 Å². The molecule has 7 heteroatoms. The average Bonchev–Trinajstić information content (AvgIpc) is 3.16. The van der Waals surface area contributed by atoms with Crippen LogP contribution in [-0.2, 0) is 4.79 Å². The maximum atomic E-state index is 11.6. The summed E-state index contributed by atoms with van der Waals surface area (Å²) >= 11 is 0. The zero-order chi connectivity index (χ0) is 14.4. The molecule has 0 aromatic carbocycles. The molecular weight excluding hydrogens is 272 g/mol. The fraction of sp³-hybridized carbons (Fsp3) is 0.0714. The third-order valence-electron chi connectivity index (χ3n) is 3.35. The molecule has 1 saturated heterocycles. The minimum absolute atomic E-state index is 0.368. The van der Waals surface area contributed by atoms with Crippen LogP contribution in [-0.4, -0.2) is 21.9 Å². The molecule has 7 nitrogen and oxygen atoms in total. The number of hydrogen-bond donors (Lipinski definition) is 3. The Morgan fingerprint density at radius 2 is 2.10 bits per heavy atom. The van der Waals surface area contributed by atoms with E-state index in [2.05, 4.69) is 20.6 Å². The minimum Gasteiger partial charge on any atom is -0.457 e. The Kier molecular flexibility index (Phi) is 2.34. The van der Waals surface area contributed by atoms with Gasteiger partial charge in [0.25, 0.3) is 5.91 Å². The van der Waals surface area contributed by atoms with Crippen LogP contribution in [0.4, 0.5) is 4.79 Å². The lowest BCUT2D eigenvalue weighted by Crippen LogP contribution is -2.22. The lowest BCUT2D eigenvalue weighted by molar-refractivity contribution is -0.120. The van der Waals surface area contributed by atoms with E-state index in [0.29, 0.717) is 16.9 Å². The van der Waals surface area contributed by atoms with Crippen LogP contribution >= 0.6 is 0 Å². The van der Waals surface area contributed by atoms with Crippen molar-refractivity contribution in [1.82, 2.24) is 20.6 Å². The predicted octanol–water partition coefficient (Wildman–Crippen LogP) is 1.70. The Bertz CT molecular complexity index is 850. The molecule has 21 heavy (non-hydrogen) atoms. The van der Waals surface area contributed by atoms with E-state index in [0.717, 1.165) is 11.3 Å². The first-order valence-corrected chi connectivity index (χ1v) is 6.36. The number of nitrogens with zero attached hydrogens (tertiary/aromatic N) is 1. The third kappa shape index (κ3) is 1.86. The number of nitrogens with one attached hydrogen (secondary N) is 3. The largest absolute Gasteiger partial charge is 0.457 e. The van der Waals surface area contributed by atoms with E-state index in [4.69, 9.17) is 4.42 Å². The van der Waals surface area contributed by atoms with Gasteiger partial charge in [-0.2, -0.15) is 0 Å². The van der Waals surface area contributed by atoms with E-state index in [9.17, 15) is 9.59 Å². The number of furan rings is 1. The van der Waals surface area contributed by atoms with Gasteiger partial charge in [-0.05, 0) is 18.2 Å². The van der Waals surface area contributed by atoms with Gasteiger partial charge in [0.1, 0.15) is 11.3 Å². The van der Waals surface area contributed by atoms with Gasteiger partial charge in [0.15, 0.2) is 11.6 Å². The van der Waals surface area contributed by atoms with Gasteiger partial charge < -0.3 is 14.7 Å². The topological polar surface area (TPSA) is 100 Å². The first-order chi connectivity index (χ1) is 10.2. The van der Waals surface area contributed by atoms with E-state index in [1.165, 1.54) is 0 Å². The number of H-pyrrole nitrogens is 1. The highest BCUT2D eigenvalue weighted by molar-refractivity contribution is 6.04. The number of pyridine rings is 1.